The molecule has 2 unspecified atom stereocenters. The van der Waals surface area contributed by atoms with Crippen LogP contribution in [0.15, 0.2) is 34.0 Å². The fourth-order valence-electron chi connectivity index (χ4n) is 6.12. The van der Waals surface area contributed by atoms with E-state index in [0.717, 1.165) is 6.42 Å². The van der Waals surface area contributed by atoms with Crippen molar-refractivity contribution < 1.29 is 29.7 Å². The quantitative estimate of drug-likeness (QED) is 0.644. The second-order valence-electron chi connectivity index (χ2n) is 9.88. The van der Waals surface area contributed by atoms with E-state index in [4.69, 9.17) is 0 Å². The van der Waals surface area contributed by atoms with E-state index < -0.39 is 51.0 Å². The Bertz CT molecular complexity index is 929. The van der Waals surface area contributed by atoms with Gasteiger partial charge in [0.15, 0.2) is 11.5 Å². The van der Waals surface area contributed by atoms with Crippen molar-refractivity contribution in [2.75, 3.05) is 0 Å². The molecule has 3 aliphatic rings. The summed E-state index contributed by atoms with van der Waals surface area (Å²) in [5.74, 6) is -3.84. The van der Waals surface area contributed by atoms with E-state index >= 15 is 0 Å². The molecule has 2 atom stereocenters. The summed E-state index contributed by atoms with van der Waals surface area (Å²) in [5, 5.41) is 32.9. The molecular weight excluding hydrogens is 372 g/mol. The van der Waals surface area contributed by atoms with Crippen LogP contribution in [0.4, 0.5) is 0 Å². The Morgan fingerprint density at radius 1 is 1.00 bits per heavy atom. The van der Waals surface area contributed by atoms with E-state index in [2.05, 4.69) is 0 Å². The SMILES string of the molecule is CC(=O)CC12C(=O)C(O)=C(C(C)C)C(O)=C1C(=O)C(O)=C1C(C)(C)CCCC12C. The number of hydrogen-bond donors (Lipinski definition) is 3. The second-order valence-corrected chi connectivity index (χ2v) is 9.88. The van der Waals surface area contributed by atoms with Gasteiger partial charge in [-0.15, -0.1) is 0 Å². The standard InChI is InChI=1S/C23H30O6/c1-11(2)13-15(25)14-17(27)18(28)19-21(4,5)8-7-9-22(19,6)23(14,10-12(3)24)20(29)16(13)26/h11,25-26,28H,7-10H2,1-6H3. The molecule has 0 spiro atoms. The minimum atomic E-state index is -1.73. The lowest BCUT2D eigenvalue weighted by Crippen LogP contribution is -2.60. The fourth-order valence-corrected chi connectivity index (χ4v) is 6.12. The van der Waals surface area contributed by atoms with E-state index in [9.17, 15) is 29.7 Å². The van der Waals surface area contributed by atoms with Crippen LogP contribution >= 0.6 is 0 Å². The molecular formula is C23H30O6. The van der Waals surface area contributed by atoms with E-state index in [1.807, 2.05) is 13.8 Å². The zero-order valence-electron chi connectivity index (χ0n) is 18.0. The van der Waals surface area contributed by atoms with Gasteiger partial charge in [0.25, 0.3) is 0 Å². The molecule has 29 heavy (non-hydrogen) atoms. The highest BCUT2D eigenvalue weighted by Crippen LogP contribution is 2.68. The van der Waals surface area contributed by atoms with Crippen LogP contribution in [0.3, 0.4) is 0 Å². The topological polar surface area (TPSA) is 112 Å². The fraction of sp³-hybridized carbons (Fsp3) is 0.609. The van der Waals surface area contributed by atoms with Crippen molar-refractivity contribution >= 4 is 17.3 Å². The molecule has 3 aliphatic carbocycles. The van der Waals surface area contributed by atoms with Gasteiger partial charge in [-0.05, 0) is 36.7 Å². The first-order valence-electron chi connectivity index (χ1n) is 10.1. The molecule has 0 aromatic rings. The summed E-state index contributed by atoms with van der Waals surface area (Å²) >= 11 is 0. The summed E-state index contributed by atoms with van der Waals surface area (Å²) in [7, 11) is 0. The Balaban J connectivity index is 2.52. The van der Waals surface area contributed by atoms with Gasteiger partial charge >= 0.3 is 0 Å². The summed E-state index contributed by atoms with van der Waals surface area (Å²) < 4.78 is 0. The molecule has 3 rings (SSSR count). The Labute approximate surface area is 171 Å². The third kappa shape index (κ3) is 2.50. The van der Waals surface area contributed by atoms with Gasteiger partial charge in [-0.25, -0.2) is 0 Å². The average molecular weight is 402 g/mol. The Morgan fingerprint density at radius 3 is 2.10 bits per heavy atom. The number of hydrogen-bond acceptors (Lipinski definition) is 6. The first-order chi connectivity index (χ1) is 13.2. The number of carbonyl (C=O) groups is 3. The summed E-state index contributed by atoms with van der Waals surface area (Å²) in [4.78, 5) is 39.5. The van der Waals surface area contributed by atoms with Crippen molar-refractivity contribution in [1.29, 1.82) is 0 Å². The lowest BCUT2D eigenvalue weighted by atomic mass is 9.42. The highest BCUT2D eigenvalue weighted by atomic mass is 16.3. The van der Waals surface area contributed by atoms with Gasteiger partial charge in [0, 0.05) is 17.4 Å². The van der Waals surface area contributed by atoms with Crippen LogP contribution < -0.4 is 0 Å². The molecule has 0 bridgehead atoms. The van der Waals surface area contributed by atoms with Crippen molar-refractivity contribution in [1.82, 2.24) is 0 Å². The zero-order chi connectivity index (χ0) is 22.1. The van der Waals surface area contributed by atoms with Crippen LogP contribution in [0.2, 0.25) is 0 Å². The number of fused-ring (bicyclic) bond motifs is 3. The predicted molar refractivity (Wildman–Crippen MR) is 107 cm³/mol. The highest BCUT2D eigenvalue weighted by Gasteiger charge is 2.69. The number of aliphatic hydroxyl groups excluding tert-OH is 3. The van der Waals surface area contributed by atoms with Crippen molar-refractivity contribution in [3.8, 4) is 0 Å². The summed E-state index contributed by atoms with van der Waals surface area (Å²) in [5.41, 5.74) is -3.23. The number of ketones is 3. The maximum atomic E-state index is 13.7. The number of aliphatic hydroxyl groups is 3. The molecule has 0 aliphatic heterocycles. The van der Waals surface area contributed by atoms with Crippen molar-refractivity contribution in [3.05, 3.63) is 34.0 Å². The molecule has 0 aromatic carbocycles. The van der Waals surface area contributed by atoms with Gasteiger partial charge in [-0.1, -0.05) is 41.0 Å². The number of Topliss-reactive ketones (excluding diaryl/α,β-unsaturated/α-hetero) is 3. The zero-order valence-corrected chi connectivity index (χ0v) is 18.0. The Kier molecular flexibility index (Phi) is 4.65. The minimum absolute atomic E-state index is 0.0209. The lowest BCUT2D eigenvalue weighted by Gasteiger charge is -2.58. The van der Waals surface area contributed by atoms with E-state index in [0.29, 0.717) is 18.4 Å². The van der Waals surface area contributed by atoms with Gasteiger partial charge in [0.1, 0.15) is 11.5 Å². The van der Waals surface area contributed by atoms with E-state index in [1.165, 1.54) is 6.92 Å². The van der Waals surface area contributed by atoms with Gasteiger partial charge in [0.2, 0.25) is 11.6 Å². The van der Waals surface area contributed by atoms with E-state index in [-0.39, 0.29) is 23.4 Å². The monoisotopic (exact) mass is 402 g/mol. The summed E-state index contributed by atoms with van der Waals surface area (Å²) in [6.07, 6.45) is 1.56. The third-order valence-corrected chi connectivity index (χ3v) is 7.20. The molecule has 158 valence electrons. The maximum absolute atomic E-state index is 13.7. The Morgan fingerprint density at radius 2 is 1.59 bits per heavy atom. The Hall–Kier alpha value is -2.37. The largest absolute Gasteiger partial charge is 0.507 e. The number of allylic oxidation sites excluding steroid dienone is 4. The van der Waals surface area contributed by atoms with Gasteiger partial charge < -0.3 is 15.3 Å². The molecule has 1 saturated carbocycles. The average Bonchev–Trinajstić information content (AvgIpc) is 2.56. The van der Waals surface area contributed by atoms with Crippen LogP contribution in [0.25, 0.3) is 0 Å². The molecule has 3 N–H and O–H groups in total. The van der Waals surface area contributed by atoms with Crippen LogP contribution in [0, 0.1) is 22.2 Å². The van der Waals surface area contributed by atoms with Gasteiger partial charge in [-0.3, -0.25) is 14.4 Å². The van der Waals surface area contributed by atoms with Crippen LogP contribution in [0.5, 0.6) is 0 Å². The number of carbonyl (C=O) groups excluding carboxylic acids is 3. The first kappa shape index (κ1) is 21.3. The maximum Gasteiger partial charge on any atom is 0.228 e. The molecule has 6 heteroatoms. The second kappa shape index (κ2) is 6.31. The summed E-state index contributed by atoms with van der Waals surface area (Å²) in [6, 6.07) is 0. The van der Waals surface area contributed by atoms with Crippen LogP contribution in [-0.2, 0) is 14.4 Å². The first-order valence-corrected chi connectivity index (χ1v) is 10.1. The predicted octanol–water partition coefficient (Wildman–Crippen LogP) is 4.43. The van der Waals surface area contributed by atoms with Gasteiger partial charge in [-0.2, -0.15) is 0 Å². The van der Waals surface area contributed by atoms with Crippen LogP contribution in [-0.4, -0.2) is 32.7 Å². The third-order valence-electron chi connectivity index (χ3n) is 7.20. The molecule has 0 aromatic heterocycles. The van der Waals surface area contributed by atoms with Crippen molar-refractivity contribution in [2.24, 2.45) is 22.2 Å². The van der Waals surface area contributed by atoms with Crippen molar-refractivity contribution in [2.45, 2.75) is 67.2 Å². The van der Waals surface area contributed by atoms with E-state index in [1.54, 1.807) is 20.8 Å². The molecule has 0 amide bonds. The lowest BCUT2D eigenvalue weighted by molar-refractivity contribution is -0.142. The number of rotatable bonds is 3. The smallest absolute Gasteiger partial charge is 0.228 e. The van der Waals surface area contributed by atoms with Crippen molar-refractivity contribution in [3.63, 3.8) is 0 Å². The molecule has 0 saturated heterocycles. The minimum Gasteiger partial charge on any atom is -0.507 e. The van der Waals surface area contributed by atoms with Gasteiger partial charge in [0.05, 0.1) is 11.0 Å². The molecule has 6 nitrogen and oxygen atoms in total. The highest BCUT2D eigenvalue weighted by molar-refractivity contribution is 6.20. The molecule has 0 radical (unpaired) electrons. The summed E-state index contributed by atoms with van der Waals surface area (Å²) in [6.45, 7) is 10.3. The molecule has 0 heterocycles. The normalized spacial score (nSPS) is 32.0. The molecule has 1 fully saturated rings. The van der Waals surface area contributed by atoms with Crippen LogP contribution in [0.1, 0.15) is 67.2 Å².